The largest absolute Gasteiger partial charge is 0.244 e. The van der Waals surface area contributed by atoms with Crippen LogP contribution >= 0.6 is 0 Å². The number of aryl methyl sites for hydroxylation is 1. The molecule has 0 bridgehead atoms. The van der Waals surface area contributed by atoms with E-state index in [9.17, 15) is 0 Å². The molecule has 0 fully saturated rings. The van der Waals surface area contributed by atoms with Gasteiger partial charge in [0.2, 0.25) is 0 Å². The molecule has 12 heavy (non-hydrogen) atoms. The summed E-state index contributed by atoms with van der Waals surface area (Å²) in [4.78, 5) is 11.8. The lowest BCUT2D eigenvalue weighted by Crippen LogP contribution is -1.89. The van der Waals surface area contributed by atoms with Crippen LogP contribution in [0.5, 0.6) is 0 Å². The summed E-state index contributed by atoms with van der Waals surface area (Å²) in [6.07, 6.45) is 5.35. The minimum atomic E-state index is 0.639. The molecular weight excluding hydrogens is 150 g/mol. The number of hydrogen-bond acceptors (Lipinski definition) is 3. The van der Waals surface area contributed by atoms with Crippen molar-refractivity contribution in [1.29, 1.82) is 0 Å². The highest BCUT2D eigenvalue weighted by Crippen LogP contribution is 2.18. The number of rotatable bonds is 2. The summed E-state index contributed by atoms with van der Waals surface area (Å²) in [5, 5.41) is 0. The summed E-state index contributed by atoms with van der Waals surface area (Å²) in [5.74, 6) is 0.639. The van der Waals surface area contributed by atoms with Crippen LogP contribution in [0.25, 0.3) is 6.08 Å². The molecule has 0 saturated heterocycles. The van der Waals surface area contributed by atoms with E-state index < -0.39 is 0 Å². The van der Waals surface area contributed by atoms with Gasteiger partial charge in [0.05, 0.1) is 5.69 Å². The topological polar surface area (TPSA) is 38.1 Å². The van der Waals surface area contributed by atoms with Crippen molar-refractivity contribution in [3.63, 3.8) is 0 Å². The molecule has 62 valence electrons. The van der Waals surface area contributed by atoms with Gasteiger partial charge in [-0.15, -0.1) is 0 Å². The van der Waals surface area contributed by atoms with E-state index in [4.69, 9.17) is 0 Å². The number of allylic oxidation sites excluding steroid dienone is 1. The Morgan fingerprint density at radius 3 is 2.83 bits per heavy atom. The van der Waals surface area contributed by atoms with Crippen molar-refractivity contribution in [3.05, 3.63) is 23.7 Å². The Hall–Kier alpha value is -1.51. The van der Waals surface area contributed by atoms with Crippen molar-refractivity contribution in [1.82, 2.24) is 9.97 Å². The first-order valence-electron chi connectivity index (χ1n) is 3.70. The smallest absolute Gasteiger partial charge is 0.162 e. The second-order valence-corrected chi connectivity index (χ2v) is 2.35. The molecule has 0 aliphatic rings. The number of aliphatic imine (C=N–C) groups is 1. The standard InChI is InChI=1S/C9H11N3/c1-4-5-8-7(2)11-6-12-9(8)10-3/h4-6H,3H2,1-2H3/b5-4-. The molecule has 1 rings (SSSR count). The van der Waals surface area contributed by atoms with Gasteiger partial charge < -0.3 is 0 Å². The Labute approximate surface area is 71.9 Å². The molecule has 1 aromatic rings. The minimum Gasteiger partial charge on any atom is -0.244 e. The van der Waals surface area contributed by atoms with Gasteiger partial charge >= 0.3 is 0 Å². The van der Waals surface area contributed by atoms with Crippen molar-refractivity contribution < 1.29 is 0 Å². The highest BCUT2D eigenvalue weighted by molar-refractivity contribution is 5.63. The fourth-order valence-electron chi connectivity index (χ4n) is 0.959. The molecule has 3 nitrogen and oxygen atoms in total. The third-order valence-corrected chi connectivity index (χ3v) is 1.55. The molecule has 0 aromatic carbocycles. The van der Waals surface area contributed by atoms with Crippen molar-refractivity contribution in [2.24, 2.45) is 4.99 Å². The van der Waals surface area contributed by atoms with Gasteiger partial charge in [0.25, 0.3) is 0 Å². The number of aromatic nitrogens is 2. The lowest BCUT2D eigenvalue weighted by Gasteiger charge is -2.00. The summed E-state index contributed by atoms with van der Waals surface area (Å²) >= 11 is 0. The first-order chi connectivity index (χ1) is 5.79. The highest BCUT2D eigenvalue weighted by atomic mass is 14.9. The Balaban J connectivity index is 3.28. The SMILES string of the molecule is C=Nc1ncnc(C)c1/C=C\C. The number of hydrogen-bond donors (Lipinski definition) is 0. The average molecular weight is 161 g/mol. The van der Waals surface area contributed by atoms with E-state index in [0.29, 0.717) is 5.82 Å². The van der Waals surface area contributed by atoms with Gasteiger partial charge in [-0.3, -0.25) is 0 Å². The third kappa shape index (κ3) is 1.56. The van der Waals surface area contributed by atoms with Crippen molar-refractivity contribution >= 4 is 18.6 Å². The first kappa shape index (κ1) is 8.59. The fraction of sp³-hybridized carbons (Fsp3) is 0.222. The van der Waals surface area contributed by atoms with E-state index in [0.717, 1.165) is 11.3 Å². The molecule has 0 spiro atoms. The van der Waals surface area contributed by atoms with Crippen LogP contribution < -0.4 is 0 Å². The van der Waals surface area contributed by atoms with Crippen LogP contribution in [0.4, 0.5) is 5.82 Å². The zero-order valence-electron chi connectivity index (χ0n) is 7.28. The average Bonchev–Trinajstić information content (AvgIpc) is 2.09. The van der Waals surface area contributed by atoms with Crippen LogP contribution in [0, 0.1) is 6.92 Å². The van der Waals surface area contributed by atoms with E-state index in [1.165, 1.54) is 6.33 Å². The molecule has 3 heteroatoms. The first-order valence-corrected chi connectivity index (χ1v) is 3.70. The molecule has 0 atom stereocenters. The van der Waals surface area contributed by atoms with Crippen LogP contribution in [0.15, 0.2) is 17.4 Å². The predicted octanol–water partition coefficient (Wildman–Crippen LogP) is 2.15. The molecule has 1 heterocycles. The monoisotopic (exact) mass is 161 g/mol. The van der Waals surface area contributed by atoms with Gasteiger partial charge in [0, 0.05) is 5.56 Å². The molecule has 0 aliphatic heterocycles. The van der Waals surface area contributed by atoms with Crippen LogP contribution in [0.1, 0.15) is 18.2 Å². The van der Waals surface area contributed by atoms with Crippen LogP contribution in [-0.4, -0.2) is 16.7 Å². The minimum absolute atomic E-state index is 0.639. The van der Waals surface area contributed by atoms with E-state index in [1.54, 1.807) is 0 Å². The molecule has 0 saturated carbocycles. The summed E-state index contributed by atoms with van der Waals surface area (Å²) < 4.78 is 0. The maximum atomic E-state index is 4.06. The Morgan fingerprint density at radius 2 is 2.25 bits per heavy atom. The lowest BCUT2D eigenvalue weighted by molar-refractivity contribution is 1.08. The van der Waals surface area contributed by atoms with E-state index in [-0.39, 0.29) is 0 Å². The predicted molar refractivity (Wildman–Crippen MR) is 50.7 cm³/mol. The van der Waals surface area contributed by atoms with Gasteiger partial charge in [0.15, 0.2) is 5.82 Å². The van der Waals surface area contributed by atoms with Crippen molar-refractivity contribution in [2.75, 3.05) is 0 Å². The molecule has 0 aliphatic carbocycles. The third-order valence-electron chi connectivity index (χ3n) is 1.55. The summed E-state index contributed by atoms with van der Waals surface area (Å²) in [6, 6.07) is 0. The molecule has 0 N–H and O–H groups in total. The van der Waals surface area contributed by atoms with Crippen molar-refractivity contribution in [2.45, 2.75) is 13.8 Å². The normalized spacial score (nSPS) is 10.5. The van der Waals surface area contributed by atoms with Gasteiger partial charge in [-0.05, 0) is 20.6 Å². The van der Waals surface area contributed by atoms with Crippen molar-refractivity contribution in [3.8, 4) is 0 Å². The van der Waals surface area contributed by atoms with Gasteiger partial charge in [-0.1, -0.05) is 12.2 Å². The van der Waals surface area contributed by atoms with Crippen LogP contribution in [0.3, 0.4) is 0 Å². The Morgan fingerprint density at radius 1 is 1.50 bits per heavy atom. The summed E-state index contributed by atoms with van der Waals surface area (Å²) in [7, 11) is 0. The maximum absolute atomic E-state index is 4.06. The van der Waals surface area contributed by atoms with Gasteiger partial charge in [-0.2, -0.15) is 0 Å². The highest BCUT2D eigenvalue weighted by Gasteiger charge is 2.01. The molecule has 0 amide bonds. The number of nitrogens with zero attached hydrogens (tertiary/aromatic N) is 3. The summed E-state index contributed by atoms with van der Waals surface area (Å²) in [5.41, 5.74) is 1.86. The Bertz CT molecular complexity index is 316. The second-order valence-electron chi connectivity index (χ2n) is 2.35. The molecule has 0 unspecified atom stereocenters. The Kier molecular flexibility index (Phi) is 2.69. The molecular formula is C9H11N3. The van der Waals surface area contributed by atoms with Crippen LogP contribution in [-0.2, 0) is 0 Å². The zero-order chi connectivity index (χ0) is 8.97. The van der Waals surface area contributed by atoms with Gasteiger partial charge in [0.1, 0.15) is 6.33 Å². The summed E-state index contributed by atoms with van der Waals surface area (Å²) in [6.45, 7) is 7.31. The zero-order valence-corrected chi connectivity index (χ0v) is 7.28. The quantitative estimate of drug-likeness (QED) is 0.623. The second kappa shape index (κ2) is 3.76. The molecule has 1 aromatic heterocycles. The van der Waals surface area contributed by atoms with E-state index >= 15 is 0 Å². The molecule has 0 radical (unpaired) electrons. The maximum Gasteiger partial charge on any atom is 0.162 e. The van der Waals surface area contributed by atoms with Gasteiger partial charge in [-0.25, -0.2) is 15.0 Å². The fourth-order valence-corrected chi connectivity index (χ4v) is 0.959. The van der Waals surface area contributed by atoms with E-state index in [2.05, 4.69) is 21.7 Å². The van der Waals surface area contributed by atoms with E-state index in [1.807, 2.05) is 26.0 Å². The lowest BCUT2D eigenvalue weighted by atomic mass is 10.2. The van der Waals surface area contributed by atoms with Crippen LogP contribution in [0.2, 0.25) is 0 Å².